The largest absolute Gasteiger partial charge is 0.490 e. The Kier molecular flexibility index (Phi) is 4.79. The number of ether oxygens (including phenoxy) is 1. The van der Waals surface area contributed by atoms with Crippen LogP contribution in [0.5, 0.6) is 5.75 Å². The number of rotatable bonds is 6. The first-order valence-electron chi connectivity index (χ1n) is 4.90. The molecule has 1 aromatic rings. The molecule has 0 saturated heterocycles. The third-order valence-corrected chi connectivity index (χ3v) is 1.85. The molecule has 2 nitrogen and oxygen atoms in total. The number of nitrogens with one attached hydrogen (secondary N) is 1. The number of hydrogen-bond acceptors (Lipinski definition) is 2. The van der Waals surface area contributed by atoms with Gasteiger partial charge < -0.3 is 10.1 Å². The van der Waals surface area contributed by atoms with Crippen LogP contribution in [0.2, 0.25) is 0 Å². The van der Waals surface area contributed by atoms with Gasteiger partial charge in [-0.2, -0.15) is 0 Å². The van der Waals surface area contributed by atoms with Crippen molar-refractivity contribution in [3.05, 3.63) is 42.5 Å². The van der Waals surface area contributed by atoms with E-state index in [0.717, 1.165) is 18.8 Å². The summed E-state index contributed by atoms with van der Waals surface area (Å²) in [5, 5.41) is 3.27. The van der Waals surface area contributed by atoms with E-state index in [1.54, 1.807) is 6.08 Å². The highest BCUT2D eigenvalue weighted by atomic mass is 16.5. The summed E-state index contributed by atoms with van der Waals surface area (Å²) < 4.78 is 5.43. The van der Waals surface area contributed by atoms with Crippen LogP contribution < -0.4 is 10.1 Å². The second-order valence-electron chi connectivity index (χ2n) is 3.03. The number of hydrogen-bond donors (Lipinski definition) is 1. The second kappa shape index (κ2) is 6.22. The quantitative estimate of drug-likeness (QED) is 0.697. The Morgan fingerprint density at radius 2 is 2.36 bits per heavy atom. The Morgan fingerprint density at radius 3 is 3.07 bits per heavy atom. The first kappa shape index (κ1) is 10.8. The molecule has 0 bridgehead atoms. The molecule has 0 heterocycles. The summed E-state index contributed by atoms with van der Waals surface area (Å²) in [5.41, 5.74) is 1.24. The molecule has 0 amide bonds. The molecule has 14 heavy (non-hydrogen) atoms. The van der Waals surface area contributed by atoms with Gasteiger partial charge in [-0.05, 0) is 24.2 Å². The van der Waals surface area contributed by atoms with Crippen LogP contribution >= 0.6 is 0 Å². The van der Waals surface area contributed by atoms with Crippen molar-refractivity contribution in [2.75, 3.05) is 13.2 Å². The van der Waals surface area contributed by atoms with Crippen LogP contribution in [-0.2, 0) is 6.54 Å². The third-order valence-electron chi connectivity index (χ3n) is 1.85. The van der Waals surface area contributed by atoms with Gasteiger partial charge in [0.25, 0.3) is 0 Å². The third kappa shape index (κ3) is 3.62. The molecule has 0 aliphatic rings. The summed E-state index contributed by atoms with van der Waals surface area (Å²) in [6, 6.07) is 8.10. The van der Waals surface area contributed by atoms with E-state index in [9.17, 15) is 0 Å². The molecule has 0 unspecified atom stereocenters. The van der Waals surface area contributed by atoms with Crippen LogP contribution in [0.4, 0.5) is 0 Å². The summed E-state index contributed by atoms with van der Waals surface area (Å²) in [7, 11) is 0. The van der Waals surface area contributed by atoms with Crippen molar-refractivity contribution in [2.45, 2.75) is 13.5 Å². The summed E-state index contributed by atoms with van der Waals surface area (Å²) in [6.45, 7) is 8.14. The van der Waals surface area contributed by atoms with Crippen molar-refractivity contribution in [1.29, 1.82) is 0 Å². The zero-order chi connectivity index (χ0) is 10.2. The maximum atomic E-state index is 5.43. The SMILES string of the molecule is C=CCOc1cccc(CNCC)c1. The van der Waals surface area contributed by atoms with Crippen molar-refractivity contribution in [3.8, 4) is 5.75 Å². The Labute approximate surface area is 85.6 Å². The van der Waals surface area contributed by atoms with Crippen LogP contribution in [-0.4, -0.2) is 13.2 Å². The molecule has 2 heteroatoms. The lowest BCUT2D eigenvalue weighted by Crippen LogP contribution is -2.11. The lowest BCUT2D eigenvalue weighted by Gasteiger charge is -2.06. The van der Waals surface area contributed by atoms with E-state index in [-0.39, 0.29) is 0 Å². The first-order valence-corrected chi connectivity index (χ1v) is 4.90. The predicted molar refractivity (Wildman–Crippen MR) is 59.5 cm³/mol. The van der Waals surface area contributed by atoms with Gasteiger partial charge in [-0.15, -0.1) is 0 Å². The van der Waals surface area contributed by atoms with Crippen molar-refractivity contribution < 1.29 is 4.74 Å². The van der Waals surface area contributed by atoms with Crippen molar-refractivity contribution in [3.63, 3.8) is 0 Å². The summed E-state index contributed by atoms with van der Waals surface area (Å²) in [6.07, 6.45) is 1.75. The molecule has 76 valence electrons. The highest BCUT2D eigenvalue weighted by Crippen LogP contribution is 2.12. The fourth-order valence-corrected chi connectivity index (χ4v) is 1.17. The summed E-state index contributed by atoms with van der Waals surface area (Å²) >= 11 is 0. The Morgan fingerprint density at radius 1 is 1.50 bits per heavy atom. The summed E-state index contributed by atoms with van der Waals surface area (Å²) in [4.78, 5) is 0. The normalized spacial score (nSPS) is 9.79. The molecule has 0 aliphatic carbocycles. The molecule has 1 aromatic carbocycles. The topological polar surface area (TPSA) is 21.3 Å². The fraction of sp³-hybridized carbons (Fsp3) is 0.333. The van der Waals surface area contributed by atoms with Gasteiger partial charge >= 0.3 is 0 Å². The van der Waals surface area contributed by atoms with E-state index in [1.807, 2.05) is 18.2 Å². The molecule has 0 aromatic heterocycles. The van der Waals surface area contributed by atoms with Crippen LogP contribution in [0.1, 0.15) is 12.5 Å². The van der Waals surface area contributed by atoms with Gasteiger partial charge in [0.2, 0.25) is 0 Å². The molecule has 0 radical (unpaired) electrons. The van der Waals surface area contributed by atoms with E-state index in [4.69, 9.17) is 4.74 Å². The molecule has 1 N–H and O–H groups in total. The minimum atomic E-state index is 0.560. The predicted octanol–water partition coefficient (Wildman–Crippen LogP) is 2.36. The van der Waals surface area contributed by atoms with Gasteiger partial charge in [0.05, 0.1) is 0 Å². The first-order chi connectivity index (χ1) is 6.86. The molecule has 1 rings (SSSR count). The van der Waals surface area contributed by atoms with Crippen LogP contribution in [0.25, 0.3) is 0 Å². The van der Waals surface area contributed by atoms with Crippen LogP contribution in [0, 0.1) is 0 Å². The average molecular weight is 191 g/mol. The van der Waals surface area contributed by atoms with Crippen molar-refractivity contribution >= 4 is 0 Å². The Balaban J connectivity index is 2.54. The molecule has 0 aliphatic heterocycles. The highest BCUT2D eigenvalue weighted by molar-refractivity contribution is 5.28. The second-order valence-corrected chi connectivity index (χ2v) is 3.03. The lowest BCUT2D eigenvalue weighted by atomic mass is 10.2. The monoisotopic (exact) mass is 191 g/mol. The zero-order valence-corrected chi connectivity index (χ0v) is 8.62. The van der Waals surface area contributed by atoms with Gasteiger partial charge in [-0.3, -0.25) is 0 Å². The minimum absolute atomic E-state index is 0.560. The van der Waals surface area contributed by atoms with Crippen molar-refractivity contribution in [1.82, 2.24) is 5.32 Å². The van der Waals surface area contributed by atoms with Crippen molar-refractivity contribution in [2.24, 2.45) is 0 Å². The van der Waals surface area contributed by atoms with Gasteiger partial charge in [0, 0.05) is 6.54 Å². The maximum Gasteiger partial charge on any atom is 0.120 e. The van der Waals surface area contributed by atoms with E-state index in [0.29, 0.717) is 6.61 Å². The van der Waals surface area contributed by atoms with E-state index < -0.39 is 0 Å². The zero-order valence-electron chi connectivity index (χ0n) is 8.62. The fourth-order valence-electron chi connectivity index (χ4n) is 1.17. The average Bonchev–Trinajstić information content (AvgIpc) is 2.24. The smallest absolute Gasteiger partial charge is 0.120 e. The molecular weight excluding hydrogens is 174 g/mol. The molecular formula is C12H17NO. The molecule has 0 spiro atoms. The molecule has 0 fully saturated rings. The minimum Gasteiger partial charge on any atom is -0.490 e. The van der Waals surface area contributed by atoms with E-state index >= 15 is 0 Å². The molecule has 0 atom stereocenters. The van der Waals surface area contributed by atoms with Gasteiger partial charge in [-0.25, -0.2) is 0 Å². The van der Waals surface area contributed by atoms with Gasteiger partial charge in [0.15, 0.2) is 0 Å². The Bertz CT molecular complexity index is 283. The van der Waals surface area contributed by atoms with E-state index in [1.165, 1.54) is 5.56 Å². The maximum absolute atomic E-state index is 5.43. The lowest BCUT2D eigenvalue weighted by molar-refractivity contribution is 0.362. The van der Waals surface area contributed by atoms with Gasteiger partial charge in [0.1, 0.15) is 12.4 Å². The standard InChI is InChI=1S/C12H17NO/c1-3-8-14-12-7-5-6-11(9-12)10-13-4-2/h3,5-7,9,13H,1,4,8,10H2,2H3. The summed E-state index contributed by atoms with van der Waals surface area (Å²) in [5.74, 6) is 0.903. The van der Waals surface area contributed by atoms with Gasteiger partial charge in [-0.1, -0.05) is 31.7 Å². The number of benzene rings is 1. The molecule has 0 saturated carbocycles. The Hall–Kier alpha value is -1.28. The van der Waals surface area contributed by atoms with E-state index in [2.05, 4.69) is 24.9 Å². The van der Waals surface area contributed by atoms with Crippen LogP contribution in [0.15, 0.2) is 36.9 Å². The highest BCUT2D eigenvalue weighted by Gasteiger charge is 1.94. The van der Waals surface area contributed by atoms with Crippen LogP contribution in [0.3, 0.4) is 0 Å².